The van der Waals surface area contributed by atoms with Gasteiger partial charge in [0.05, 0.1) is 5.02 Å². The molecule has 3 rings (SSSR count). The van der Waals surface area contributed by atoms with Crippen LogP contribution in [0.4, 0.5) is 5.69 Å². The van der Waals surface area contributed by atoms with Crippen LogP contribution in [-0.4, -0.2) is 31.5 Å². The van der Waals surface area contributed by atoms with Crippen molar-refractivity contribution in [2.24, 2.45) is 5.92 Å². The van der Waals surface area contributed by atoms with Crippen molar-refractivity contribution in [1.29, 1.82) is 0 Å². The van der Waals surface area contributed by atoms with Gasteiger partial charge in [0.2, 0.25) is 5.91 Å². The first kappa shape index (κ1) is 18.5. The zero-order valence-electron chi connectivity index (χ0n) is 14.0. The maximum Gasteiger partial charge on any atom is 0.257 e. The number of rotatable bonds is 6. The first-order valence-electron chi connectivity index (χ1n) is 8.23. The van der Waals surface area contributed by atoms with Crippen LogP contribution < -0.4 is 15.0 Å². The van der Waals surface area contributed by atoms with E-state index in [1.807, 2.05) is 30.3 Å². The van der Waals surface area contributed by atoms with Crippen molar-refractivity contribution >= 4 is 40.7 Å². The van der Waals surface area contributed by atoms with Gasteiger partial charge >= 0.3 is 0 Å². The molecule has 1 atom stereocenters. The highest BCUT2D eigenvalue weighted by Crippen LogP contribution is 2.27. The number of carbonyl (C=O) groups is 2. The van der Waals surface area contributed by atoms with E-state index < -0.39 is 0 Å². The van der Waals surface area contributed by atoms with Crippen LogP contribution in [0.25, 0.3) is 0 Å². The highest BCUT2D eigenvalue weighted by molar-refractivity contribution is 6.35. The molecule has 1 N–H and O–H groups in total. The van der Waals surface area contributed by atoms with E-state index in [2.05, 4.69) is 5.32 Å². The van der Waals surface area contributed by atoms with E-state index in [1.54, 1.807) is 23.1 Å². The molecule has 7 heteroatoms. The van der Waals surface area contributed by atoms with E-state index in [0.717, 1.165) is 5.69 Å². The zero-order chi connectivity index (χ0) is 18.5. The summed E-state index contributed by atoms with van der Waals surface area (Å²) < 4.78 is 5.40. The van der Waals surface area contributed by atoms with Crippen molar-refractivity contribution in [2.45, 2.75) is 6.42 Å². The van der Waals surface area contributed by atoms with Gasteiger partial charge in [0.25, 0.3) is 5.91 Å². The lowest BCUT2D eigenvalue weighted by molar-refractivity contribution is -0.123. The largest absolute Gasteiger partial charge is 0.482 e. The minimum absolute atomic E-state index is 0.0691. The van der Waals surface area contributed by atoms with E-state index in [0.29, 0.717) is 35.3 Å². The quantitative estimate of drug-likeness (QED) is 0.817. The molecule has 2 aromatic rings. The first-order chi connectivity index (χ1) is 12.5. The average molecular weight is 393 g/mol. The predicted molar refractivity (Wildman–Crippen MR) is 102 cm³/mol. The predicted octanol–water partition coefficient (Wildman–Crippen LogP) is 3.54. The Kier molecular flexibility index (Phi) is 6.01. The van der Waals surface area contributed by atoms with Crippen LogP contribution in [-0.2, 0) is 9.59 Å². The Labute approximate surface area is 161 Å². The van der Waals surface area contributed by atoms with Gasteiger partial charge in [0.15, 0.2) is 6.61 Å². The molecular weight excluding hydrogens is 375 g/mol. The van der Waals surface area contributed by atoms with E-state index in [9.17, 15) is 9.59 Å². The van der Waals surface area contributed by atoms with Crippen molar-refractivity contribution in [3.8, 4) is 5.75 Å². The molecule has 26 heavy (non-hydrogen) atoms. The number of nitrogens with one attached hydrogen (secondary N) is 1. The monoisotopic (exact) mass is 392 g/mol. The maximum absolute atomic E-state index is 12.2. The molecule has 5 nitrogen and oxygen atoms in total. The molecular formula is C19H18Cl2N2O3. The zero-order valence-corrected chi connectivity index (χ0v) is 15.5. The summed E-state index contributed by atoms with van der Waals surface area (Å²) in [6.07, 6.45) is 0.416. The van der Waals surface area contributed by atoms with Gasteiger partial charge in [0.1, 0.15) is 5.75 Å². The Hall–Kier alpha value is -2.24. The summed E-state index contributed by atoms with van der Waals surface area (Å²) >= 11 is 11.8. The number of anilines is 1. The number of hydrogen-bond donors (Lipinski definition) is 1. The van der Waals surface area contributed by atoms with Crippen LogP contribution in [0.5, 0.6) is 5.75 Å². The third-order valence-electron chi connectivity index (χ3n) is 4.11. The number of carbonyl (C=O) groups excluding carboxylic acids is 2. The summed E-state index contributed by atoms with van der Waals surface area (Å²) in [5.74, 6) is 0.282. The fraction of sp³-hybridized carbons (Fsp3) is 0.263. The summed E-state index contributed by atoms with van der Waals surface area (Å²) in [5.41, 5.74) is 0.882. The van der Waals surface area contributed by atoms with Crippen molar-refractivity contribution in [2.75, 3.05) is 24.6 Å². The minimum atomic E-state index is -0.262. The first-order valence-corrected chi connectivity index (χ1v) is 8.98. The second-order valence-corrected chi connectivity index (χ2v) is 6.92. The fourth-order valence-electron chi connectivity index (χ4n) is 2.82. The van der Waals surface area contributed by atoms with Crippen LogP contribution in [0.2, 0.25) is 10.0 Å². The summed E-state index contributed by atoms with van der Waals surface area (Å²) in [7, 11) is 0. The van der Waals surface area contributed by atoms with Crippen molar-refractivity contribution in [1.82, 2.24) is 5.32 Å². The molecule has 1 fully saturated rings. The summed E-state index contributed by atoms with van der Waals surface area (Å²) in [4.78, 5) is 25.9. The van der Waals surface area contributed by atoms with Crippen molar-refractivity contribution in [3.63, 3.8) is 0 Å². The van der Waals surface area contributed by atoms with Crippen molar-refractivity contribution in [3.05, 3.63) is 58.6 Å². The molecule has 0 aliphatic carbocycles. The number of ether oxygens (including phenoxy) is 1. The minimum Gasteiger partial charge on any atom is -0.482 e. The summed E-state index contributed by atoms with van der Waals surface area (Å²) in [6, 6.07) is 14.3. The van der Waals surface area contributed by atoms with Crippen LogP contribution in [0.1, 0.15) is 6.42 Å². The highest BCUT2D eigenvalue weighted by atomic mass is 35.5. The van der Waals surface area contributed by atoms with Crippen LogP contribution >= 0.6 is 23.2 Å². The molecule has 136 valence electrons. The van der Waals surface area contributed by atoms with Crippen molar-refractivity contribution < 1.29 is 14.3 Å². The molecule has 1 unspecified atom stereocenters. The highest BCUT2D eigenvalue weighted by Gasteiger charge is 2.30. The lowest BCUT2D eigenvalue weighted by atomic mass is 10.1. The number of hydrogen-bond acceptors (Lipinski definition) is 3. The van der Waals surface area contributed by atoms with Gasteiger partial charge in [-0.15, -0.1) is 0 Å². The standard InChI is InChI=1S/C19H18Cl2N2O3/c20-14-6-7-17(16(21)9-14)26-12-18(24)22-10-13-8-19(25)23(11-13)15-4-2-1-3-5-15/h1-7,9,13H,8,10-12H2,(H,22,24). The van der Waals surface area contributed by atoms with E-state index in [-0.39, 0.29) is 24.3 Å². The van der Waals surface area contributed by atoms with E-state index in [1.165, 1.54) is 0 Å². The Bertz CT molecular complexity index is 799. The van der Waals surface area contributed by atoms with Gasteiger partial charge < -0.3 is 15.0 Å². The van der Waals surface area contributed by atoms with Crippen LogP contribution in [0, 0.1) is 5.92 Å². The molecule has 1 aliphatic heterocycles. The van der Waals surface area contributed by atoms with Crippen LogP contribution in [0.15, 0.2) is 48.5 Å². The topological polar surface area (TPSA) is 58.6 Å². The molecule has 0 saturated carbocycles. The van der Waals surface area contributed by atoms with E-state index >= 15 is 0 Å². The SMILES string of the molecule is O=C(COc1ccc(Cl)cc1Cl)NCC1CC(=O)N(c2ccccc2)C1. The van der Waals surface area contributed by atoms with Gasteiger partial charge in [-0.3, -0.25) is 9.59 Å². The van der Waals surface area contributed by atoms with Gasteiger partial charge in [-0.05, 0) is 30.3 Å². The lowest BCUT2D eigenvalue weighted by Crippen LogP contribution is -2.34. The number of amides is 2. The molecule has 0 spiro atoms. The van der Waals surface area contributed by atoms with Gasteiger partial charge in [0, 0.05) is 36.1 Å². The Balaban J connectivity index is 1.45. The number of benzene rings is 2. The average Bonchev–Trinajstić information content (AvgIpc) is 3.01. The fourth-order valence-corrected chi connectivity index (χ4v) is 3.28. The van der Waals surface area contributed by atoms with Crippen LogP contribution in [0.3, 0.4) is 0 Å². The second kappa shape index (κ2) is 8.43. The molecule has 0 radical (unpaired) electrons. The molecule has 1 saturated heterocycles. The summed E-state index contributed by atoms with van der Waals surface area (Å²) in [5, 5.41) is 3.66. The molecule has 0 aromatic heterocycles. The maximum atomic E-state index is 12.2. The van der Waals surface area contributed by atoms with E-state index in [4.69, 9.17) is 27.9 Å². The molecule has 2 aromatic carbocycles. The normalized spacial score (nSPS) is 16.6. The molecule has 1 heterocycles. The lowest BCUT2D eigenvalue weighted by Gasteiger charge is -2.17. The summed E-state index contributed by atoms with van der Waals surface area (Å²) in [6.45, 7) is 0.864. The number of para-hydroxylation sites is 1. The van der Waals surface area contributed by atoms with Gasteiger partial charge in [-0.25, -0.2) is 0 Å². The molecule has 2 amide bonds. The number of nitrogens with zero attached hydrogens (tertiary/aromatic N) is 1. The van der Waals surface area contributed by atoms with Gasteiger partial charge in [-0.1, -0.05) is 41.4 Å². The molecule has 1 aliphatic rings. The Morgan fingerprint density at radius 1 is 1.19 bits per heavy atom. The third kappa shape index (κ3) is 4.68. The van der Waals surface area contributed by atoms with Gasteiger partial charge in [-0.2, -0.15) is 0 Å². The smallest absolute Gasteiger partial charge is 0.257 e. The number of halogens is 2. The molecule has 0 bridgehead atoms. The Morgan fingerprint density at radius 3 is 2.69 bits per heavy atom. The third-order valence-corrected chi connectivity index (χ3v) is 4.64. The Morgan fingerprint density at radius 2 is 1.96 bits per heavy atom. The second-order valence-electron chi connectivity index (χ2n) is 6.08.